The summed E-state index contributed by atoms with van der Waals surface area (Å²) in [5.41, 5.74) is 7.43. The lowest BCUT2D eigenvalue weighted by Gasteiger charge is -2.56. The molecule has 1 aliphatic heterocycles. The number of hydrogen-bond acceptors (Lipinski definition) is 3. The fourth-order valence-corrected chi connectivity index (χ4v) is 3.57. The molecule has 1 amide bonds. The van der Waals surface area contributed by atoms with E-state index >= 15 is 0 Å². The quantitative estimate of drug-likeness (QED) is 0.944. The second-order valence-electron chi connectivity index (χ2n) is 6.71. The molecule has 0 spiro atoms. The molecule has 1 aliphatic rings. The van der Waals surface area contributed by atoms with Crippen molar-refractivity contribution < 1.29 is 9.18 Å². The third-order valence-corrected chi connectivity index (χ3v) is 4.45. The summed E-state index contributed by atoms with van der Waals surface area (Å²) in [6.07, 6.45) is 3.55. The van der Waals surface area contributed by atoms with E-state index in [-0.39, 0.29) is 17.3 Å². The van der Waals surface area contributed by atoms with Crippen LogP contribution in [0.2, 0.25) is 0 Å². The minimum atomic E-state index is -0.575. The Balaban J connectivity index is 1.97. The lowest BCUT2D eigenvalue weighted by molar-refractivity contribution is -0.137. The van der Waals surface area contributed by atoms with Gasteiger partial charge in [-0.1, -0.05) is 32.0 Å². The zero-order chi connectivity index (χ0) is 16.6. The van der Waals surface area contributed by atoms with Crippen LogP contribution in [-0.2, 0) is 4.79 Å². The Bertz CT molecular complexity index is 700. The average Bonchev–Trinajstić information content (AvgIpc) is 2.49. The summed E-state index contributed by atoms with van der Waals surface area (Å²) in [6, 6.07) is 9.32. The fraction of sp³-hybridized carbons (Fsp3) is 0.333. The zero-order valence-electron chi connectivity index (χ0n) is 13.2. The highest BCUT2D eigenvalue weighted by atomic mass is 19.1. The molecule has 2 aromatic rings. The number of amides is 1. The van der Waals surface area contributed by atoms with Gasteiger partial charge >= 0.3 is 0 Å². The average molecular weight is 313 g/mol. The standard InChI is InChI=1S/C18H20FN3O/c1-18(2)11-22(16(18)13-4-3-9-21-10-13)15(17(20)23)12-5-7-14(19)8-6-12/h3-10,15-16H,11H2,1-2H3,(H2,20,23). The number of nitrogens with zero attached hydrogens (tertiary/aromatic N) is 2. The van der Waals surface area contributed by atoms with Crippen LogP contribution >= 0.6 is 0 Å². The number of pyridine rings is 1. The van der Waals surface area contributed by atoms with E-state index in [1.54, 1.807) is 18.3 Å². The van der Waals surface area contributed by atoms with Gasteiger partial charge in [0.05, 0.1) is 0 Å². The summed E-state index contributed by atoms with van der Waals surface area (Å²) in [7, 11) is 0. The van der Waals surface area contributed by atoms with Crippen LogP contribution in [0, 0.1) is 11.2 Å². The lowest BCUT2D eigenvalue weighted by atomic mass is 9.70. The van der Waals surface area contributed by atoms with E-state index in [4.69, 9.17) is 5.73 Å². The highest BCUT2D eigenvalue weighted by molar-refractivity contribution is 5.81. The number of nitrogens with two attached hydrogens (primary N) is 1. The Labute approximate surface area is 135 Å². The fourth-order valence-electron chi connectivity index (χ4n) is 3.57. The lowest BCUT2D eigenvalue weighted by Crippen LogP contribution is -2.58. The first-order valence-electron chi connectivity index (χ1n) is 7.60. The Morgan fingerprint density at radius 1 is 1.35 bits per heavy atom. The molecule has 2 heterocycles. The molecular weight excluding hydrogens is 293 g/mol. The van der Waals surface area contributed by atoms with Gasteiger partial charge in [-0.2, -0.15) is 0 Å². The van der Waals surface area contributed by atoms with Gasteiger partial charge in [0, 0.05) is 25.0 Å². The van der Waals surface area contributed by atoms with Gasteiger partial charge in [-0.15, -0.1) is 0 Å². The molecule has 0 radical (unpaired) electrons. The van der Waals surface area contributed by atoms with Crippen molar-refractivity contribution >= 4 is 5.91 Å². The summed E-state index contributed by atoms with van der Waals surface area (Å²) in [5, 5.41) is 0. The Hall–Kier alpha value is -2.27. The Morgan fingerprint density at radius 3 is 2.57 bits per heavy atom. The maximum absolute atomic E-state index is 13.2. The molecule has 1 aromatic carbocycles. The van der Waals surface area contributed by atoms with Crippen LogP contribution in [-0.4, -0.2) is 22.3 Å². The number of likely N-dealkylation sites (tertiary alicyclic amines) is 1. The molecule has 120 valence electrons. The summed E-state index contributed by atoms with van der Waals surface area (Å²) in [4.78, 5) is 18.3. The van der Waals surface area contributed by atoms with E-state index in [2.05, 4.69) is 23.7 Å². The maximum Gasteiger partial charge on any atom is 0.239 e. The molecule has 5 heteroatoms. The summed E-state index contributed by atoms with van der Waals surface area (Å²) < 4.78 is 13.2. The van der Waals surface area contributed by atoms with Gasteiger partial charge in [0.15, 0.2) is 0 Å². The number of halogens is 1. The number of carbonyl (C=O) groups excluding carboxylic acids is 1. The van der Waals surface area contributed by atoms with E-state index in [1.807, 2.05) is 18.3 Å². The van der Waals surface area contributed by atoms with Crippen molar-refractivity contribution in [2.45, 2.75) is 25.9 Å². The molecule has 1 saturated heterocycles. The molecule has 1 fully saturated rings. The SMILES string of the molecule is CC1(C)CN(C(C(N)=O)c2ccc(F)cc2)C1c1cccnc1. The smallest absolute Gasteiger partial charge is 0.239 e. The monoisotopic (exact) mass is 313 g/mol. The molecular formula is C18H20FN3O. The van der Waals surface area contributed by atoms with Crippen LogP contribution in [0.4, 0.5) is 4.39 Å². The van der Waals surface area contributed by atoms with Crippen molar-refractivity contribution in [1.82, 2.24) is 9.88 Å². The molecule has 4 nitrogen and oxygen atoms in total. The Kier molecular flexibility index (Phi) is 3.90. The molecule has 2 atom stereocenters. The number of aromatic nitrogens is 1. The van der Waals surface area contributed by atoms with Gasteiger partial charge < -0.3 is 5.73 Å². The second-order valence-corrected chi connectivity index (χ2v) is 6.71. The van der Waals surface area contributed by atoms with E-state index in [0.29, 0.717) is 5.56 Å². The number of carbonyl (C=O) groups is 1. The maximum atomic E-state index is 13.2. The van der Waals surface area contributed by atoms with Gasteiger partial charge in [-0.25, -0.2) is 4.39 Å². The van der Waals surface area contributed by atoms with Crippen LogP contribution in [0.25, 0.3) is 0 Å². The van der Waals surface area contributed by atoms with Crippen molar-refractivity contribution in [3.63, 3.8) is 0 Å². The molecule has 0 aliphatic carbocycles. The predicted molar refractivity (Wildman–Crippen MR) is 85.8 cm³/mol. The summed E-state index contributed by atoms with van der Waals surface area (Å²) >= 11 is 0. The first-order chi connectivity index (χ1) is 10.9. The molecule has 23 heavy (non-hydrogen) atoms. The van der Waals surface area contributed by atoms with Crippen LogP contribution in [0.15, 0.2) is 48.8 Å². The van der Waals surface area contributed by atoms with Crippen LogP contribution in [0.1, 0.15) is 37.1 Å². The van der Waals surface area contributed by atoms with Gasteiger partial charge in [0.25, 0.3) is 0 Å². The van der Waals surface area contributed by atoms with Crippen LogP contribution < -0.4 is 5.73 Å². The predicted octanol–water partition coefficient (Wildman–Crippen LogP) is 2.83. The highest BCUT2D eigenvalue weighted by Crippen LogP contribution is 2.51. The molecule has 3 rings (SSSR count). The van der Waals surface area contributed by atoms with Gasteiger partial charge in [-0.05, 0) is 34.7 Å². The van der Waals surface area contributed by atoms with E-state index in [9.17, 15) is 9.18 Å². The van der Waals surface area contributed by atoms with E-state index in [0.717, 1.165) is 12.1 Å². The minimum absolute atomic E-state index is 0.0107. The van der Waals surface area contributed by atoms with Gasteiger partial charge in [0.2, 0.25) is 5.91 Å². The van der Waals surface area contributed by atoms with Crippen LogP contribution in [0.3, 0.4) is 0 Å². The first-order valence-corrected chi connectivity index (χ1v) is 7.60. The third kappa shape index (κ3) is 2.84. The van der Waals surface area contributed by atoms with Crippen LogP contribution in [0.5, 0.6) is 0 Å². The van der Waals surface area contributed by atoms with Gasteiger partial charge in [-0.3, -0.25) is 14.7 Å². The third-order valence-electron chi connectivity index (χ3n) is 4.45. The minimum Gasteiger partial charge on any atom is -0.368 e. The molecule has 0 bridgehead atoms. The zero-order valence-corrected chi connectivity index (χ0v) is 13.2. The largest absolute Gasteiger partial charge is 0.368 e. The number of primary amides is 1. The van der Waals surface area contributed by atoms with Gasteiger partial charge in [0.1, 0.15) is 11.9 Å². The van der Waals surface area contributed by atoms with Crippen molar-refractivity contribution in [3.05, 3.63) is 65.7 Å². The first kappa shape index (κ1) is 15.6. The molecule has 0 saturated carbocycles. The van der Waals surface area contributed by atoms with Crippen molar-refractivity contribution in [2.24, 2.45) is 11.1 Å². The second kappa shape index (κ2) is 5.74. The molecule has 2 unspecified atom stereocenters. The van der Waals surface area contributed by atoms with Crippen molar-refractivity contribution in [2.75, 3.05) is 6.54 Å². The number of benzene rings is 1. The highest BCUT2D eigenvalue weighted by Gasteiger charge is 2.50. The number of rotatable bonds is 4. The van der Waals surface area contributed by atoms with E-state index < -0.39 is 11.9 Å². The topological polar surface area (TPSA) is 59.2 Å². The van der Waals surface area contributed by atoms with E-state index in [1.165, 1.54) is 12.1 Å². The normalized spacial score (nSPS) is 21.4. The summed E-state index contributed by atoms with van der Waals surface area (Å²) in [6.45, 7) is 5.05. The van der Waals surface area contributed by atoms with Crippen molar-refractivity contribution in [3.8, 4) is 0 Å². The number of hydrogen-bond donors (Lipinski definition) is 1. The Morgan fingerprint density at radius 2 is 2.04 bits per heavy atom. The van der Waals surface area contributed by atoms with Crippen molar-refractivity contribution in [1.29, 1.82) is 0 Å². The summed E-state index contributed by atoms with van der Waals surface area (Å²) in [5.74, 6) is -0.759. The molecule has 1 aromatic heterocycles. The molecule has 2 N–H and O–H groups in total.